The van der Waals surface area contributed by atoms with E-state index in [2.05, 4.69) is 11.0 Å². The largest absolute Gasteiger partial charge is 0.395 e. The second-order valence-corrected chi connectivity index (χ2v) is 5.22. The van der Waals surface area contributed by atoms with Crippen LogP contribution >= 0.6 is 0 Å². The highest BCUT2D eigenvalue weighted by molar-refractivity contribution is 5.86. The zero-order valence-corrected chi connectivity index (χ0v) is 12.1. The van der Waals surface area contributed by atoms with Gasteiger partial charge in [0.15, 0.2) is 0 Å². The maximum atomic E-state index is 12.6. The second-order valence-electron chi connectivity index (χ2n) is 5.22. The van der Waals surface area contributed by atoms with E-state index in [1.165, 1.54) is 0 Å². The Hall–Kier alpha value is -1.90. The van der Waals surface area contributed by atoms with Gasteiger partial charge < -0.3 is 10.0 Å². The van der Waals surface area contributed by atoms with Gasteiger partial charge in [0.05, 0.1) is 12.7 Å². The fourth-order valence-electron chi connectivity index (χ4n) is 2.66. The fraction of sp³-hybridized carbons (Fsp3) is 0.500. The number of nitriles is 1. The molecule has 1 aromatic rings. The molecule has 0 aliphatic carbocycles. The number of rotatable bonds is 4. The van der Waals surface area contributed by atoms with Gasteiger partial charge in [0.2, 0.25) is 5.91 Å². The number of carbonyl (C=O) groups excluding carboxylic acids is 1. The zero-order valence-electron chi connectivity index (χ0n) is 12.1. The van der Waals surface area contributed by atoms with Crippen molar-refractivity contribution in [3.05, 3.63) is 35.9 Å². The average Bonchev–Trinajstić information content (AvgIpc) is 2.75. The molecule has 1 amide bonds. The van der Waals surface area contributed by atoms with E-state index in [4.69, 9.17) is 5.11 Å². The number of nitrogens with zero attached hydrogens (tertiary/aromatic N) is 3. The Labute approximate surface area is 125 Å². The second kappa shape index (κ2) is 7.77. The minimum absolute atomic E-state index is 0.116. The van der Waals surface area contributed by atoms with Crippen LogP contribution in [0.15, 0.2) is 30.3 Å². The quantitative estimate of drug-likeness (QED) is 0.890. The van der Waals surface area contributed by atoms with Gasteiger partial charge in [-0.1, -0.05) is 30.3 Å². The van der Waals surface area contributed by atoms with E-state index in [1.807, 2.05) is 30.3 Å². The molecule has 1 unspecified atom stereocenters. The molecule has 0 aromatic heterocycles. The third-order valence-electron chi connectivity index (χ3n) is 3.83. The van der Waals surface area contributed by atoms with Gasteiger partial charge in [0.25, 0.3) is 0 Å². The minimum atomic E-state index is -0.726. The van der Waals surface area contributed by atoms with Crippen molar-refractivity contribution < 1.29 is 9.90 Å². The van der Waals surface area contributed by atoms with Crippen molar-refractivity contribution in [3.8, 4) is 6.07 Å². The van der Waals surface area contributed by atoms with E-state index < -0.39 is 5.92 Å². The maximum Gasteiger partial charge on any atom is 0.244 e. The van der Waals surface area contributed by atoms with Crippen molar-refractivity contribution >= 4 is 5.91 Å². The Morgan fingerprint density at radius 3 is 2.67 bits per heavy atom. The molecule has 1 saturated heterocycles. The Morgan fingerprint density at radius 2 is 2.00 bits per heavy atom. The summed E-state index contributed by atoms with van der Waals surface area (Å²) in [5.41, 5.74) is 0.751. The number of benzene rings is 1. The predicted octanol–water partition coefficient (Wildman–Crippen LogP) is 0.820. The monoisotopic (exact) mass is 287 g/mol. The number of carbonyl (C=O) groups is 1. The summed E-state index contributed by atoms with van der Waals surface area (Å²) in [5, 5.41) is 18.3. The van der Waals surface area contributed by atoms with Crippen LogP contribution in [0.5, 0.6) is 0 Å². The summed E-state index contributed by atoms with van der Waals surface area (Å²) in [6.45, 7) is 3.70. The lowest BCUT2D eigenvalue weighted by Crippen LogP contribution is -2.38. The highest BCUT2D eigenvalue weighted by atomic mass is 16.3. The zero-order chi connectivity index (χ0) is 15.1. The van der Waals surface area contributed by atoms with Gasteiger partial charge in [-0.15, -0.1) is 0 Å². The van der Waals surface area contributed by atoms with Gasteiger partial charge in [-0.05, 0) is 18.5 Å². The Morgan fingerprint density at radius 1 is 1.24 bits per heavy atom. The van der Waals surface area contributed by atoms with E-state index in [9.17, 15) is 10.1 Å². The molecule has 0 bridgehead atoms. The van der Waals surface area contributed by atoms with Crippen molar-refractivity contribution in [2.75, 3.05) is 39.3 Å². The molecule has 0 saturated carbocycles. The van der Waals surface area contributed by atoms with Gasteiger partial charge in [0, 0.05) is 26.2 Å². The lowest BCUT2D eigenvalue weighted by Gasteiger charge is -2.23. The molecule has 112 valence electrons. The number of hydrogen-bond acceptors (Lipinski definition) is 4. The topological polar surface area (TPSA) is 67.6 Å². The molecule has 1 fully saturated rings. The van der Waals surface area contributed by atoms with Crippen LogP contribution < -0.4 is 0 Å². The summed E-state index contributed by atoms with van der Waals surface area (Å²) in [6.07, 6.45) is 0.874. The van der Waals surface area contributed by atoms with E-state index in [-0.39, 0.29) is 12.5 Å². The molecular weight excluding hydrogens is 266 g/mol. The van der Waals surface area contributed by atoms with Gasteiger partial charge in [-0.25, -0.2) is 0 Å². The summed E-state index contributed by atoms with van der Waals surface area (Å²) < 4.78 is 0. The molecule has 21 heavy (non-hydrogen) atoms. The normalized spacial score (nSPS) is 17.8. The van der Waals surface area contributed by atoms with Crippen molar-refractivity contribution in [1.82, 2.24) is 9.80 Å². The Bertz CT molecular complexity index is 498. The standard InChI is InChI=1S/C16H21N3O2/c17-13-15(14-5-2-1-3-6-14)16(21)19-8-4-7-18(9-10-19)11-12-20/h1-3,5-6,15,20H,4,7-12H2. The molecule has 5 heteroatoms. The predicted molar refractivity (Wildman–Crippen MR) is 79.5 cm³/mol. The number of hydrogen-bond donors (Lipinski definition) is 1. The summed E-state index contributed by atoms with van der Waals surface area (Å²) in [6, 6.07) is 11.3. The molecule has 1 aromatic carbocycles. The van der Waals surface area contributed by atoms with E-state index in [1.54, 1.807) is 4.90 Å². The molecular formula is C16H21N3O2. The first-order valence-electron chi connectivity index (χ1n) is 7.33. The fourth-order valence-corrected chi connectivity index (χ4v) is 2.66. The number of aliphatic hydroxyl groups is 1. The SMILES string of the molecule is N#CC(C(=O)N1CCCN(CCO)CC1)c1ccccc1. The summed E-state index contributed by atoms with van der Waals surface area (Å²) in [4.78, 5) is 16.5. The van der Waals surface area contributed by atoms with Crippen molar-refractivity contribution in [1.29, 1.82) is 5.26 Å². The van der Waals surface area contributed by atoms with Gasteiger partial charge >= 0.3 is 0 Å². The first-order valence-corrected chi connectivity index (χ1v) is 7.33. The molecule has 2 rings (SSSR count). The third kappa shape index (κ3) is 4.03. The molecule has 0 spiro atoms. The summed E-state index contributed by atoms with van der Waals surface area (Å²) in [7, 11) is 0. The average molecular weight is 287 g/mol. The molecule has 1 atom stereocenters. The van der Waals surface area contributed by atoms with Crippen LogP contribution in [0, 0.1) is 11.3 Å². The van der Waals surface area contributed by atoms with Crippen LogP contribution in [-0.2, 0) is 4.79 Å². The maximum absolute atomic E-state index is 12.6. The van der Waals surface area contributed by atoms with Crippen LogP contribution in [0.4, 0.5) is 0 Å². The molecule has 1 heterocycles. The molecule has 1 N–H and O–H groups in total. The Balaban J connectivity index is 2.03. The first kappa shape index (κ1) is 15.5. The number of β-amino-alcohol motifs (C(OH)–C–C–N with tert-alkyl or cyclic N) is 1. The van der Waals surface area contributed by atoms with E-state index in [0.29, 0.717) is 19.6 Å². The summed E-state index contributed by atoms with van der Waals surface area (Å²) >= 11 is 0. The van der Waals surface area contributed by atoms with Crippen LogP contribution in [0.3, 0.4) is 0 Å². The third-order valence-corrected chi connectivity index (χ3v) is 3.83. The lowest BCUT2D eigenvalue weighted by atomic mass is 9.99. The molecule has 1 aliphatic rings. The van der Waals surface area contributed by atoms with Crippen LogP contribution in [-0.4, -0.2) is 60.1 Å². The summed E-state index contributed by atoms with van der Waals surface area (Å²) in [5.74, 6) is -0.842. The molecule has 1 aliphatic heterocycles. The number of aliphatic hydroxyl groups excluding tert-OH is 1. The van der Waals surface area contributed by atoms with E-state index in [0.717, 1.165) is 25.1 Å². The Kier molecular flexibility index (Phi) is 5.73. The van der Waals surface area contributed by atoms with Crippen molar-refractivity contribution in [2.24, 2.45) is 0 Å². The van der Waals surface area contributed by atoms with Gasteiger partial charge in [0.1, 0.15) is 5.92 Å². The molecule has 5 nitrogen and oxygen atoms in total. The highest BCUT2D eigenvalue weighted by Crippen LogP contribution is 2.18. The van der Waals surface area contributed by atoms with Crippen molar-refractivity contribution in [2.45, 2.75) is 12.3 Å². The smallest absolute Gasteiger partial charge is 0.244 e. The van der Waals surface area contributed by atoms with Crippen LogP contribution in [0.25, 0.3) is 0 Å². The number of amides is 1. The van der Waals surface area contributed by atoms with Gasteiger partial charge in [-0.3, -0.25) is 9.69 Å². The van der Waals surface area contributed by atoms with Crippen LogP contribution in [0.2, 0.25) is 0 Å². The van der Waals surface area contributed by atoms with Crippen molar-refractivity contribution in [3.63, 3.8) is 0 Å². The van der Waals surface area contributed by atoms with Crippen LogP contribution in [0.1, 0.15) is 17.9 Å². The first-order chi connectivity index (χ1) is 10.3. The minimum Gasteiger partial charge on any atom is -0.395 e. The molecule has 0 radical (unpaired) electrons. The van der Waals surface area contributed by atoms with E-state index >= 15 is 0 Å². The highest BCUT2D eigenvalue weighted by Gasteiger charge is 2.27. The lowest BCUT2D eigenvalue weighted by molar-refractivity contribution is -0.131. The van der Waals surface area contributed by atoms with Gasteiger partial charge in [-0.2, -0.15) is 5.26 Å².